The molecule has 2 fully saturated rings. The standard InChI is InChI=1S/C25H31N5O3S/c1-25-12-18(25)11-20-21(13-25)28-29-22(20)24(31)27-19-14-26-30(15-19)23(16-5-3-2-4-6-16)17-7-9-34(32,33)10-8-17/h2-6,14-15,17-18,23,32-33H,7-13H2,1H3,(H,27,31)(H,28,29). The minimum absolute atomic E-state index is 0.0342. The number of H-pyrrole nitrogens is 1. The maximum Gasteiger partial charge on any atom is 0.276 e. The first-order chi connectivity index (χ1) is 16.3. The Hall–Kier alpha value is -2.62. The van der Waals surface area contributed by atoms with Crippen LogP contribution in [-0.2, 0) is 12.8 Å². The minimum atomic E-state index is -2.46. The highest BCUT2D eigenvalue weighted by Gasteiger charge is 2.53. The molecule has 0 bridgehead atoms. The van der Waals surface area contributed by atoms with E-state index in [-0.39, 0.29) is 17.9 Å². The van der Waals surface area contributed by atoms with Crippen molar-refractivity contribution in [2.24, 2.45) is 17.3 Å². The zero-order valence-corrected chi connectivity index (χ0v) is 20.1. The molecule has 34 heavy (non-hydrogen) atoms. The van der Waals surface area contributed by atoms with Gasteiger partial charge in [0.15, 0.2) is 5.69 Å². The Kier molecular flexibility index (Phi) is 5.13. The lowest BCUT2D eigenvalue weighted by Gasteiger charge is -2.41. The number of benzene rings is 1. The van der Waals surface area contributed by atoms with E-state index in [0.717, 1.165) is 42.5 Å². The topological polar surface area (TPSA) is 116 Å². The molecule has 1 aliphatic heterocycles. The quantitative estimate of drug-likeness (QED) is 0.420. The van der Waals surface area contributed by atoms with Crippen LogP contribution >= 0.6 is 10.6 Å². The Morgan fingerprint density at radius 3 is 2.79 bits per heavy atom. The largest absolute Gasteiger partial charge is 0.318 e. The summed E-state index contributed by atoms with van der Waals surface area (Å²) >= 11 is 0. The van der Waals surface area contributed by atoms with Gasteiger partial charge in [-0.15, -0.1) is 0 Å². The van der Waals surface area contributed by atoms with Crippen LogP contribution in [0.1, 0.15) is 59.5 Å². The number of aromatic amines is 1. The first-order valence-corrected chi connectivity index (χ1v) is 13.9. The van der Waals surface area contributed by atoms with E-state index in [1.807, 2.05) is 29.1 Å². The molecular formula is C25H31N5O3S. The number of aromatic nitrogens is 4. The van der Waals surface area contributed by atoms with Crippen molar-refractivity contribution in [1.82, 2.24) is 20.0 Å². The van der Waals surface area contributed by atoms with Gasteiger partial charge < -0.3 is 5.32 Å². The minimum Gasteiger partial charge on any atom is -0.318 e. The van der Waals surface area contributed by atoms with Crippen LogP contribution < -0.4 is 5.32 Å². The lowest BCUT2D eigenvalue weighted by Crippen LogP contribution is -2.29. The molecule has 8 nitrogen and oxygen atoms in total. The number of anilines is 1. The highest BCUT2D eigenvalue weighted by Crippen LogP contribution is 2.59. The van der Waals surface area contributed by atoms with Gasteiger partial charge in [0.2, 0.25) is 0 Å². The average molecular weight is 482 g/mol. The normalized spacial score (nSPS) is 27.3. The smallest absolute Gasteiger partial charge is 0.276 e. The van der Waals surface area contributed by atoms with Crippen LogP contribution in [0.2, 0.25) is 0 Å². The fourth-order valence-corrected chi connectivity index (χ4v) is 7.49. The van der Waals surface area contributed by atoms with Gasteiger partial charge in [0.1, 0.15) is 0 Å². The highest BCUT2D eigenvalue weighted by molar-refractivity contribution is 8.24. The first-order valence-electron chi connectivity index (χ1n) is 12.0. The molecule has 2 aliphatic carbocycles. The van der Waals surface area contributed by atoms with Gasteiger partial charge >= 0.3 is 0 Å². The van der Waals surface area contributed by atoms with E-state index in [4.69, 9.17) is 0 Å². The molecule has 1 amide bonds. The molecule has 1 saturated heterocycles. The van der Waals surface area contributed by atoms with E-state index >= 15 is 0 Å². The van der Waals surface area contributed by atoms with Crippen molar-refractivity contribution in [3.05, 3.63) is 65.2 Å². The van der Waals surface area contributed by atoms with Crippen molar-refractivity contribution in [2.75, 3.05) is 16.8 Å². The molecule has 0 radical (unpaired) electrons. The number of rotatable bonds is 5. The lowest BCUT2D eigenvalue weighted by atomic mass is 9.87. The Labute approximate surface area is 200 Å². The van der Waals surface area contributed by atoms with Crippen molar-refractivity contribution >= 4 is 22.2 Å². The molecule has 3 unspecified atom stereocenters. The van der Waals surface area contributed by atoms with Crippen molar-refractivity contribution in [2.45, 2.75) is 45.1 Å². The van der Waals surface area contributed by atoms with E-state index in [0.29, 0.717) is 34.2 Å². The summed E-state index contributed by atoms with van der Waals surface area (Å²) in [4.78, 5) is 13.1. The summed E-state index contributed by atoms with van der Waals surface area (Å²) in [5.74, 6) is 1.54. The molecule has 2 aromatic heterocycles. The van der Waals surface area contributed by atoms with E-state index in [2.05, 4.69) is 39.7 Å². The predicted octanol–water partition coefficient (Wildman–Crippen LogP) is 4.73. The molecular weight excluding hydrogens is 450 g/mol. The summed E-state index contributed by atoms with van der Waals surface area (Å²) in [6.07, 6.45) is 8.12. The molecule has 1 saturated carbocycles. The van der Waals surface area contributed by atoms with Crippen LogP contribution in [0.15, 0.2) is 42.7 Å². The number of nitrogens with one attached hydrogen (secondary N) is 2. The molecule has 4 N–H and O–H groups in total. The van der Waals surface area contributed by atoms with Gasteiger partial charge in [0, 0.05) is 29.0 Å². The van der Waals surface area contributed by atoms with Crippen molar-refractivity contribution in [1.29, 1.82) is 0 Å². The maximum absolute atomic E-state index is 13.1. The summed E-state index contributed by atoms with van der Waals surface area (Å²) in [6, 6.07) is 10.1. The number of hydrogen-bond donors (Lipinski definition) is 4. The van der Waals surface area contributed by atoms with Crippen LogP contribution in [0.4, 0.5) is 5.69 Å². The Balaban J connectivity index is 1.22. The third kappa shape index (κ3) is 3.95. The fraction of sp³-hybridized carbons (Fsp3) is 0.480. The van der Waals surface area contributed by atoms with E-state index in [1.54, 1.807) is 6.20 Å². The van der Waals surface area contributed by atoms with Crippen LogP contribution in [0.3, 0.4) is 0 Å². The number of carbonyl (C=O) groups excluding carboxylic acids is 1. The summed E-state index contributed by atoms with van der Waals surface area (Å²) < 4.78 is 22.1. The third-order valence-electron chi connectivity index (χ3n) is 8.10. The summed E-state index contributed by atoms with van der Waals surface area (Å²) in [5.41, 5.74) is 4.80. The van der Waals surface area contributed by atoms with Crippen molar-refractivity contribution < 1.29 is 13.9 Å². The second kappa shape index (κ2) is 7.96. The van der Waals surface area contributed by atoms with Gasteiger partial charge in [0.25, 0.3) is 5.91 Å². The molecule has 3 heterocycles. The zero-order valence-electron chi connectivity index (χ0n) is 19.3. The summed E-state index contributed by atoms with van der Waals surface area (Å²) in [7, 11) is -2.46. The van der Waals surface area contributed by atoms with Gasteiger partial charge in [-0.2, -0.15) is 20.8 Å². The number of carbonyl (C=O) groups is 1. The Morgan fingerprint density at radius 1 is 1.26 bits per heavy atom. The van der Waals surface area contributed by atoms with E-state index < -0.39 is 10.6 Å². The molecule has 3 aromatic rings. The van der Waals surface area contributed by atoms with Gasteiger partial charge in [-0.3, -0.25) is 23.7 Å². The second-order valence-corrected chi connectivity index (χ2v) is 13.0. The fourth-order valence-electron chi connectivity index (χ4n) is 5.92. The van der Waals surface area contributed by atoms with Crippen LogP contribution in [0, 0.1) is 17.3 Å². The number of amides is 1. The molecule has 3 aliphatic rings. The summed E-state index contributed by atoms with van der Waals surface area (Å²) in [5, 5.41) is 15.1. The second-order valence-electron chi connectivity index (χ2n) is 10.5. The zero-order chi connectivity index (χ0) is 23.5. The van der Waals surface area contributed by atoms with Crippen LogP contribution in [0.25, 0.3) is 0 Å². The summed E-state index contributed by atoms with van der Waals surface area (Å²) in [6.45, 7) is 2.31. The van der Waals surface area contributed by atoms with Gasteiger partial charge in [-0.25, -0.2) is 0 Å². The first kappa shape index (κ1) is 21.9. The Bertz CT molecular complexity index is 1210. The highest BCUT2D eigenvalue weighted by atomic mass is 32.3. The average Bonchev–Trinajstić information content (AvgIpc) is 3.10. The number of nitrogens with zero attached hydrogens (tertiary/aromatic N) is 3. The predicted molar refractivity (Wildman–Crippen MR) is 132 cm³/mol. The van der Waals surface area contributed by atoms with Crippen LogP contribution in [0.5, 0.6) is 0 Å². The maximum atomic E-state index is 13.1. The molecule has 9 heteroatoms. The molecule has 6 rings (SSSR count). The molecule has 1 aromatic carbocycles. The lowest BCUT2D eigenvalue weighted by molar-refractivity contribution is 0.102. The van der Waals surface area contributed by atoms with Crippen molar-refractivity contribution in [3.8, 4) is 0 Å². The van der Waals surface area contributed by atoms with E-state index in [1.165, 1.54) is 6.42 Å². The molecule has 0 spiro atoms. The SMILES string of the molecule is CC12Cc3[nH]nc(C(=O)Nc4cnn(C(c5ccccc5)C5CCS(O)(O)CC5)c4)c3CC1C2. The van der Waals surface area contributed by atoms with Gasteiger partial charge in [0.05, 0.1) is 17.9 Å². The van der Waals surface area contributed by atoms with Gasteiger partial charge in [-0.1, -0.05) is 37.3 Å². The number of hydrogen-bond acceptors (Lipinski definition) is 5. The van der Waals surface area contributed by atoms with E-state index in [9.17, 15) is 13.9 Å². The monoisotopic (exact) mass is 481 g/mol. The third-order valence-corrected chi connectivity index (χ3v) is 9.88. The van der Waals surface area contributed by atoms with Crippen LogP contribution in [-0.4, -0.2) is 46.5 Å². The Morgan fingerprint density at radius 2 is 2.03 bits per heavy atom. The number of fused-ring (bicyclic) bond motifs is 2. The van der Waals surface area contributed by atoms with Gasteiger partial charge in [-0.05, 0) is 54.9 Å². The molecule has 180 valence electrons. The van der Waals surface area contributed by atoms with Crippen molar-refractivity contribution in [3.63, 3.8) is 0 Å². The molecule has 3 atom stereocenters.